The average molecular weight is 279 g/mol. The summed E-state index contributed by atoms with van der Waals surface area (Å²) in [4.78, 5) is 24.2. The molecule has 1 fully saturated rings. The summed E-state index contributed by atoms with van der Waals surface area (Å²) in [6, 6.07) is 5.03. The summed E-state index contributed by atoms with van der Waals surface area (Å²) in [5.41, 5.74) is 0.279. The lowest BCUT2D eigenvalue weighted by molar-refractivity contribution is -0.156. The molecule has 6 heteroatoms. The van der Waals surface area contributed by atoms with Crippen molar-refractivity contribution in [2.24, 2.45) is 0 Å². The molecule has 0 saturated carbocycles. The number of carboxylic acids is 1. The molecule has 1 aliphatic heterocycles. The SMILES string of the molecule is O=C(O)[C@H]1COCCN1C(=O)/C=C\c1ccccc1F. The monoisotopic (exact) mass is 279 g/mol. The summed E-state index contributed by atoms with van der Waals surface area (Å²) in [6.45, 7) is 0.467. The number of amides is 1. The van der Waals surface area contributed by atoms with Gasteiger partial charge in [-0.05, 0) is 12.1 Å². The van der Waals surface area contributed by atoms with Gasteiger partial charge in [0.1, 0.15) is 5.82 Å². The smallest absolute Gasteiger partial charge is 0.328 e. The Morgan fingerprint density at radius 2 is 2.15 bits per heavy atom. The van der Waals surface area contributed by atoms with E-state index in [-0.39, 0.29) is 18.7 Å². The van der Waals surface area contributed by atoms with Crippen molar-refractivity contribution in [3.8, 4) is 0 Å². The van der Waals surface area contributed by atoms with E-state index in [9.17, 15) is 14.0 Å². The van der Waals surface area contributed by atoms with Crippen LogP contribution in [0.3, 0.4) is 0 Å². The van der Waals surface area contributed by atoms with Crippen LogP contribution in [-0.4, -0.2) is 47.7 Å². The molecule has 0 unspecified atom stereocenters. The summed E-state index contributed by atoms with van der Waals surface area (Å²) in [6.07, 6.45) is 2.52. The zero-order chi connectivity index (χ0) is 14.5. The fraction of sp³-hybridized carbons (Fsp3) is 0.286. The van der Waals surface area contributed by atoms with Crippen LogP contribution in [0.2, 0.25) is 0 Å². The van der Waals surface area contributed by atoms with Crippen molar-refractivity contribution in [2.75, 3.05) is 19.8 Å². The van der Waals surface area contributed by atoms with E-state index in [0.717, 1.165) is 0 Å². The van der Waals surface area contributed by atoms with Crippen LogP contribution >= 0.6 is 0 Å². The Morgan fingerprint density at radius 3 is 2.85 bits per heavy atom. The molecule has 5 nitrogen and oxygen atoms in total. The summed E-state index contributed by atoms with van der Waals surface area (Å²) < 4.78 is 18.4. The Morgan fingerprint density at radius 1 is 1.40 bits per heavy atom. The van der Waals surface area contributed by atoms with Crippen LogP contribution in [0.1, 0.15) is 5.56 Å². The van der Waals surface area contributed by atoms with Gasteiger partial charge in [0.25, 0.3) is 0 Å². The number of morpholine rings is 1. The lowest BCUT2D eigenvalue weighted by atomic mass is 10.2. The van der Waals surface area contributed by atoms with E-state index in [1.165, 1.54) is 29.2 Å². The number of benzene rings is 1. The Kier molecular flexibility index (Phi) is 4.47. The van der Waals surface area contributed by atoms with Crippen molar-refractivity contribution in [3.63, 3.8) is 0 Å². The third-order valence-corrected chi connectivity index (χ3v) is 3.01. The summed E-state index contributed by atoms with van der Waals surface area (Å²) in [5.74, 6) is -2.02. The van der Waals surface area contributed by atoms with E-state index < -0.39 is 23.7 Å². The Bertz CT molecular complexity index is 544. The highest BCUT2D eigenvalue weighted by Gasteiger charge is 2.31. The van der Waals surface area contributed by atoms with Gasteiger partial charge >= 0.3 is 5.97 Å². The second kappa shape index (κ2) is 6.29. The number of carbonyl (C=O) groups excluding carboxylic acids is 1. The molecule has 1 aliphatic rings. The molecule has 0 bridgehead atoms. The molecular weight excluding hydrogens is 265 g/mol. The first-order valence-corrected chi connectivity index (χ1v) is 6.13. The predicted molar refractivity (Wildman–Crippen MR) is 69.4 cm³/mol. The maximum Gasteiger partial charge on any atom is 0.328 e. The van der Waals surface area contributed by atoms with Crippen molar-refractivity contribution in [2.45, 2.75) is 6.04 Å². The van der Waals surface area contributed by atoms with E-state index in [1.807, 2.05) is 0 Å². The number of hydrogen-bond donors (Lipinski definition) is 1. The van der Waals surface area contributed by atoms with E-state index >= 15 is 0 Å². The van der Waals surface area contributed by atoms with Crippen molar-refractivity contribution >= 4 is 18.0 Å². The van der Waals surface area contributed by atoms with Gasteiger partial charge in [0.15, 0.2) is 6.04 Å². The average Bonchev–Trinajstić information content (AvgIpc) is 2.46. The molecule has 1 heterocycles. The van der Waals surface area contributed by atoms with Gasteiger partial charge in [0.2, 0.25) is 5.91 Å². The molecule has 106 valence electrons. The van der Waals surface area contributed by atoms with Crippen LogP contribution in [0.4, 0.5) is 4.39 Å². The fourth-order valence-corrected chi connectivity index (χ4v) is 1.94. The first kappa shape index (κ1) is 14.2. The summed E-state index contributed by atoms with van der Waals surface area (Å²) >= 11 is 0. The van der Waals surface area contributed by atoms with Crippen molar-refractivity contribution < 1.29 is 23.8 Å². The van der Waals surface area contributed by atoms with Gasteiger partial charge < -0.3 is 14.7 Å². The first-order valence-electron chi connectivity index (χ1n) is 6.13. The van der Waals surface area contributed by atoms with Gasteiger partial charge in [-0.25, -0.2) is 9.18 Å². The molecule has 1 aromatic carbocycles. The second-order valence-electron chi connectivity index (χ2n) is 4.32. The zero-order valence-electron chi connectivity index (χ0n) is 10.7. The summed E-state index contributed by atoms with van der Waals surface area (Å²) in [5, 5.41) is 9.03. The quantitative estimate of drug-likeness (QED) is 0.843. The maximum absolute atomic E-state index is 13.4. The Balaban J connectivity index is 2.10. The molecule has 1 aromatic rings. The number of carboxylic acid groups (broad SMARTS) is 1. The van der Waals surface area contributed by atoms with Crippen LogP contribution in [0.5, 0.6) is 0 Å². The zero-order valence-corrected chi connectivity index (χ0v) is 10.7. The highest BCUT2D eigenvalue weighted by Crippen LogP contribution is 2.11. The van der Waals surface area contributed by atoms with Crippen LogP contribution in [0.15, 0.2) is 30.3 Å². The number of ether oxygens (including phenoxy) is 1. The van der Waals surface area contributed by atoms with E-state index in [2.05, 4.69) is 0 Å². The molecule has 0 spiro atoms. The van der Waals surface area contributed by atoms with Gasteiger partial charge in [0.05, 0.1) is 13.2 Å². The second-order valence-corrected chi connectivity index (χ2v) is 4.32. The molecule has 1 N–H and O–H groups in total. The topological polar surface area (TPSA) is 66.8 Å². The molecule has 1 amide bonds. The Hall–Kier alpha value is -2.21. The van der Waals surface area contributed by atoms with E-state index in [4.69, 9.17) is 9.84 Å². The van der Waals surface area contributed by atoms with Crippen LogP contribution in [-0.2, 0) is 14.3 Å². The molecule has 20 heavy (non-hydrogen) atoms. The number of halogens is 1. The minimum absolute atomic E-state index is 0.0331. The lowest BCUT2D eigenvalue weighted by Crippen LogP contribution is -2.52. The number of carbonyl (C=O) groups is 2. The van der Waals surface area contributed by atoms with Crippen LogP contribution < -0.4 is 0 Å². The van der Waals surface area contributed by atoms with Crippen LogP contribution in [0, 0.1) is 5.82 Å². The molecule has 0 aliphatic carbocycles. The number of hydrogen-bond acceptors (Lipinski definition) is 3. The van der Waals surface area contributed by atoms with Gasteiger partial charge in [0, 0.05) is 18.2 Å². The lowest BCUT2D eigenvalue weighted by Gasteiger charge is -2.31. The van der Waals surface area contributed by atoms with Gasteiger partial charge in [-0.1, -0.05) is 18.2 Å². The number of rotatable bonds is 3. The largest absolute Gasteiger partial charge is 0.480 e. The van der Waals surface area contributed by atoms with Gasteiger partial charge in [-0.3, -0.25) is 4.79 Å². The van der Waals surface area contributed by atoms with E-state index in [1.54, 1.807) is 12.1 Å². The fourth-order valence-electron chi connectivity index (χ4n) is 1.94. The Labute approximate surface area is 115 Å². The molecule has 2 rings (SSSR count). The summed E-state index contributed by atoms with van der Waals surface area (Å²) in [7, 11) is 0. The number of aliphatic carboxylic acids is 1. The van der Waals surface area contributed by atoms with Crippen LogP contribution in [0.25, 0.3) is 6.08 Å². The first-order chi connectivity index (χ1) is 9.59. The maximum atomic E-state index is 13.4. The van der Waals surface area contributed by atoms with Gasteiger partial charge in [-0.2, -0.15) is 0 Å². The standard InChI is InChI=1S/C14H14FNO4/c15-11-4-2-1-3-10(11)5-6-13(17)16-7-8-20-9-12(16)14(18)19/h1-6,12H,7-9H2,(H,18,19)/b6-5-/t12-/m1/s1. The number of nitrogens with zero attached hydrogens (tertiary/aromatic N) is 1. The molecule has 0 radical (unpaired) electrons. The predicted octanol–water partition coefficient (Wildman–Crippen LogP) is 1.15. The third kappa shape index (κ3) is 3.21. The minimum atomic E-state index is -1.11. The molecule has 1 atom stereocenters. The highest BCUT2D eigenvalue weighted by atomic mass is 19.1. The molecule has 0 aromatic heterocycles. The minimum Gasteiger partial charge on any atom is -0.480 e. The highest BCUT2D eigenvalue weighted by molar-refractivity contribution is 5.94. The molecular formula is C14H14FNO4. The van der Waals surface area contributed by atoms with Gasteiger partial charge in [-0.15, -0.1) is 0 Å². The van der Waals surface area contributed by atoms with Crippen molar-refractivity contribution in [1.29, 1.82) is 0 Å². The van der Waals surface area contributed by atoms with E-state index in [0.29, 0.717) is 6.61 Å². The third-order valence-electron chi connectivity index (χ3n) is 3.01. The van der Waals surface area contributed by atoms with Crippen molar-refractivity contribution in [3.05, 3.63) is 41.7 Å². The van der Waals surface area contributed by atoms with Crippen molar-refractivity contribution in [1.82, 2.24) is 4.90 Å². The molecule has 1 saturated heterocycles. The normalized spacial score (nSPS) is 19.2.